The Morgan fingerprint density at radius 3 is 2.79 bits per heavy atom. The van der Waals surface area contributed by atoms with Crippen molar-refractivity contribution in [3.63, 3.8) is 0 Å². The molecule has 0 aliphatic carbocycles. The van der Waals surface area contributed by atoms with Gasteiger partial charge in [-0.15, -0.1) is 0 Å². The first-order chi connectivity index (χ1) is 6.80. The van der Waals surface area contributed by atoms with E-state index in [1.54, 1.807) is 18.3 Å². The van der Waals surface area contributed by atoms with Crippen LogP contribution >= 0.6 is 0 Å². The summed E-state index contributed by atoms with van der Waals surface area (Å²) in [6, 6.07) is 3.36. The number of hydrogen-bond acceptors (Lipinski definition) is 4. The Bertz CT molecular complexity index is 320. The normalized spacial score (nSPS) is 9.21. The number of carbonyl (C=O) groups excluding carboxylic acids is 2. The molecular formula is C9H10N2O3. The Kier molecular flexibility index (Phi) is 3.60. The molecule has 0 bridgehead atoms. The molecule has 0 atom stereocenters. The first-order valence-corrected chi connectivity index (χ1v) is 3.95. The standard InChI is InChI=1S/C9H10N2O3/c1-14-9-2-3-10-8(4-9)5-11(6-12)7-13/h2-4,6-7H,5H2,1H3. The van der Waals surface area contributed by atoms with Crippen LogP contribution in [0, 0.1) is 0 Å². The van der Waals surface area contributed by atoms with E-state index in [-0.39, 0.29) is 6.54 Å². The Labute approximate surface area is 81.3 Å². The molecule has 2 amide bonds. The molecule has 5 heteroatoms. The first kappa shape index (κ1) is 10.2. The highest BCUT2D eigenvalue weighted by atomic mass is 16.5. The van der Waals surface area contributed by atoms with E-state index in [9.17, 15) is 9.59 Å². The van der Waals surface area contributed by atoms with Crippen LogP contribution in [0.25, 0.3) is 0 Å². The van der Waals surface area contributed by atoms with Crippen LogP contribution in [0.4, 0.5) is 0 Å². The minimum absolute atomic E-state index is 0.157. The molecule has 0 spiro atoms. The maximum Gasteiger partial charge on any atom is 0.216 e. The maximum absolute atomic E-state index is 10.3. The second-order valence-electron chi connectivity index (χ2n) is 2.57. The van der Waals surface area contributed by atoms with Crippen LogP contribution < -0.4 is 4.74 Å². The monoisotopic (exact) mass is 194 g/mol. The molecule has 0 saturated heterocycles. The van der Waals surface area contributed by atoms with Gasteiger partial charge in [-0.05, 0) is 6.07 Å². The van der Waals surface area contributed by atoms with Crippen molar-refractivity contribution >= 4 is 12.8 Å². The van der Waals surface area contributed by atoms with Gasteiger partial charge in [-0.25, -0.2) is 0 Å². The molecule has 1 aromatic heterocycles. The lowest BCUT2D eigenvalue weighted by Crippen LogP contribution is -2.19. The molecule has 74 valence electrons. The number of aromatic nitrogens is 1. The number of imide groups is 1. The fourth-order valence-electron chi connectivity index (χ4n) is 0.956. The predicted molar refractivity (Wildman–Crippen MR) is 48.5 cm³/mol. The highest BCUT2D eigenvalue weighted by Crippen LogP contribution is 2.10. The molecule has 0 unspecified atom stereocenters. The molecule has 0 radical (unpaired) electrons. The Morgan fingerprint density at radius 1 is 1.50 bits per heavy atom. The van der Waals surface area contributed by atoms with Crippen LogP contribution in [-0.2, 0) is 16.1 Å². The minimum atomic E-state index is 0.157. The van der Waals surface area contributed by atoms with Gasteiger partial charge in [0, 0.05) is 12.3 Å². The Hall–Kier alpha value is -1.91. The van der Waals surface area contributed by atoms with Gasteiger partial charge < -0.3 is 4.74 Å². The van der Waals surface area contributed by atoms with Gasteiger partial charge >= 0.3 is 0 Å². The van der Waals surface area contributed by atoms with E-state index in [4.69, 9.17) is 4.74 Å². The number of pyridine rings is 1. The number of amides is 2. The molecule has 0 fully saturated rings. The van der Waals surface area contributed by atoms with Crippen LogP contribution in [-0.4, -0.2) is 29.8 Å². The summed E-state index contributed by atoms with van der Waals surface area (Å²) in [5, 5.41) is 0. The fraction of sp³-hybridized carbons (Fsp3) is 0.222. The highest BCUT2D eigenvalue weighted by Gasteiger charge is 2.02. The molecule has 0 N–H and O–H groups in total. The zero-order chi connectivity index (χ0) is 10.4. The van der Waals surface area contributed by atoms with Gasteiger partial charge in [0.1, 0.15) is 5.75 Å². The van der Waals surface area contributed by atoms with Crippen LogP contribution in [0.15, 0.2) is 18.3 Å². The minimum Gasteiger partial charge on any atom is -0.497 e. The van der Waals surface area contributed by atoms with Crippen molar-refractivity contribution in [1.29, 1.82) is 0 Å². The molecule has 1 aromatic rings. The number of hydrogen-bond donors (Lipinski definition) is 0. The van der Waals surface area contributed by atoms with E-state index in [0.29, 0.717) is 24.3 Å². The number of carbonyl (C=O) groups is 2. The third-order valence-electron chi connectivity index (χ3n) is 1.64. The van der Waals surface area contributed by atoms with Crippen LogP contribution in [0.2, 0.25) is 0 Å². The van der Waals surface area contributed by atoms with Crippen LogP contribution in [0.1, 0.15) is 5.69 Å². The number of ether oxygens (including phenoxy) is 1. The summed E-state index contributed by atoms with van der Waals surface area (Å²) in [6.45, 7) is 0.157. The largest absolute Gasteiger partial charge is 0.497 e. The van der Waals surface area contributed by atoms with E-state index < -0.39 is 0 Å². The Balaban J connectivity index is 2.75. The molecule has 1 rings (SSSR count). The van der Waals surface area contributed by atoms with E-state index >= 15 is 0 Å². The molecule has 0 aliphatic heterocycles. The molecule has 14 heavy (non-hydrogen) atoms. The summed E-state index contributed by atoms with van der Waals surface area (Å²) in [5.74, 6) is 0.645. The van der Waals surface area contributed by atoms with Crippen molar-refractivity contribution in [3.05, 3.63) is 24.0 Å². The van der Waals surface area contributed by atoms with Crippen molar-refractivity contribution in [3.8, 4) is 5.75 Å². The molecule has 0 saturated carbocycles. The summed E-state index contributed by atoms with van der Waals surface area (Å²) in [7, 11) is 1.54. The second-order valence-corrected chi connectivity index (χ2v) is 2.57. The maximum atomic E-state index is 10.3. The lowest BCUT2D eigenvalue weighted by Gasteiger charge is -2.08. The van der Waals surface area contributed by atoms with Gasteiger partial charge in [0.25, 0.3) is 0 Å². The lowest BCUT2D eigenvalue weighted by molar-refractivity contribution is -0.129. The van der Waals surface area contributed by atoms with Gasteiger partial charge in [-0.1, -0.05) is 0 Å². The average Bonchev–Trinajstić information content (AvgIpc) is 2.26. The zero-order valence-corrected chi connectivity index (χ0v) is 7.71. The summed E-state index contributed by atoms with van der Waals surface area (Å²) >= 11 is 0. The highest BCUT2D eigenvalue weighted by molar-refractivity contribution is 5.68. The number of rotatable bonds is 5. The molecule has 1 heterocycles. The van der Waals surface area contributed by atoms with Crippen LogP contribution in [0.3, 0.4) is 0 Å². The fourth-order valence-corrected chi connectivity index (χ4v) is 0.956. The van der Waals surface area contributed by atoms with Gasteiger partial charge in [0.15, 0.2) is 0 Å². The smallest absolute Gasteiger partial charge is 0.216 e. The average molecular weight is 194 g/mol. The van der Waals surface area contributed by atoms with Crippen molar-refractivity contribution in [2.24, 2.45) is 0 Å². The summed E-state index contributed by atoms with van der Waals surface area (Å²) < 4.78 is 4.97. The van der Waals surface area contributed by atoms with Crippen molar-refractivity contribution in [2.75, 3.05) is 7.11 Å². The third-order valence-corrected chi connectivity index (χ3v) is 1.64. The second kappa shape index (κ2) is 4.96. The summed E-state index contributed by atoms with van der Waals surface area (Å²) in [6.07, 6.45) is 2.46. The summed E-state index contributed by atoms with van der Waals surface area (Å²) in [4.78, 5) is 25.6. The van der Waals surface area contributed by atoms with E-state index in [0.717, 1.165) is 4.90 Å². The van der Waals surface area contributed by atoms with E-state index in [1.807, 2.05) is 0 Å². The third kappa shape index (κ3) is 2.55. The van der Waals surface area contributed by atoms with Gasteiger partial charge in [0.05, 0.1) is 19.3 Å². The Morgan fingerprint density at radius 2 is 2.21 bits per heavy atom. The van der Waals surface area contributed by atoms with Crippen molar-refractivity contribution in [2.45, 2.75) is 6.54 Å². The molecule has 5 nitrogen and oxygen atoms in total. The van der Waals surface area contributed by atoms with E-state index in [2.05, 4.69) is 4.98 Å². The van der Waals surface area contributed by atoms with Gasteiger partial charge in [-0.3, -0.25) is 19.5 Å². The first-order valence-electron chi connectivity index (χ1n) is 3.95. The molecular weight excluding hydrogens is 184 g/mol. The SMILES string of the molecule is COc1ccnc(CN(C=O)C=O)c1. The lowest BCUT2D eigenvalue weighted by atomic mass is 10.3. The zero-order valence-electron chi connectivity index (χ0n) is 7.71. The van der Waals surface area contributed by atoms with Crippen molar-refractivity contribution in [1.82, 2.24) is 9.88 Å². The number of methoxy groups -OCH3 is 1. The topological polar surface area (TPSA) is 59.5 Å². The predicted octanol–water partition coefficient (Wildman–Crippen LogP) is 0.205. The number of nitrogens with zero attached hydrogens (tertiary/aromatic N) is 2. The van der Waals surface area contributed by atoms with Gasteiger partial charge in [0.2, 0.25) is 12.8 Å². The van der Waals surface area contributed by atoms with Crippen molar-refractivity contribution < 1.29 is 14.3 Å². The summed E-state index contributed by atoms with van der Waals surface area (Å²) in [5.41, 5.74) is 0.601. The van der Waals surface area contributed by atoms with E-state index in [1.165, 1.54) is 7.11 Å². The molecule has 0 aromatic carbocycles. The van der Waals surface area contributed by atoms with Gasteiger partial charge in [-0.2, -0.15) is 0 Å². The van der Waals surface area contributed by atoms with Crippen LogP contribution in [0.5, 0.6) is 5.75 Å². The quantitative estimate of drug-likeness (QED) is 0.628. The molecule has 0 aliphatic rings.